The van der Waals surface area contributed by atoms with Crippen LogP contribution in [-0.2, 0) is 0 Å². The minimum Gasteiger partial charge on any atom is -0.367 e. The summed E-state index contributed by atoms with van der Waals surface area (Å²) in [6.07, 6.45) is 4.57. The van der Waals surface area contributed by atoms with Gasteiger partial charge in [0.2, 0.25) is 5.82 Å². The maximum absolute atomic E-state index is 12.6. The molecular weight excluding hydrogens is 391 g/mol. The molecule has 0 bridgehead atoms. The molecular formula is C17H14Cl2N6O2. The van der Waals surface area contributed by atoms with E-state index >= 15 is 0 Å². The highest BCUT2D eigenvalue weighted by atomic mass is 35.5. The Morgan fingerprint density at radius 1 is 1.11 bits per heavy atom. The van der Waals surface area contributed by atoms with E-state index < -0.39 is 0 Å². The first-order valence-electron chi connectivity index (χ1n) is 8.22. The van der Waals surface area contributed by atoms with Crippen LogP contribution in [0.2, 0.25) is 10.0 Å². The first-order valence-corrected chi connectivity index (χ1v) is 8.97. The monoisotopic (exact) mass is 404 g/mol. The average Bonchev–Trinajstić information content (AvgIpc) is 3.21. The number of nitrogens with zero attached hydrogens (tertiary/aromatic N) is 6. The van der Waals surface area contributed by atoms with E-state index in [0.29, 0.717) is 41.9 Å². The summed E-state index contributed by atoms with van der Waals surface area (Å²) >= 11 is 12.4. The van der Waals surface area contributed by atoms with Crippen molar-refractivity contribution in [3.63, 3.8) is 0 Å². The van der Waals surface area contributed by atoms with Crippen molar-refractivity contribution in [2.75, 3.05) is 31.1 Å². The molecule has 3 aromatic rings. The van der Waals surface area contributed by atoms with E-state index in [2.05, 4.69) is 25.0 Å². The summed E-state index contributed by atoms with van der Waals surface area (Å²) in [5.41, 5.74) is 1.31. The summed E-state index contributed by atoms with van der Waals surface area (Å²) in [6.45, 7) is 2.25. The van der Waals surface area contributed by atoms with Crippen molar-refractivity contribution in [2.45, 2.75) is 0 Å². The molecule has 1 amide bonds. The molecule has 1 saturated heterocycles. The fourth-order valence-corrected chi connectivity index (χ4v) is 3.27. The Morgan fingerprint density at radius 2 is 1.93 bits per heavy atom. The number of hydrogen-bond donors (Lipinski definition) is 0. The second-order valence-corrected chi connectivity index (χ2v) is 6.65. The molecule has 0 N–H and O–H groups in total. The van der Waals surface area contributed by atoms with E-state index in [1.165, 1.54) is 12.4 Å². The largest absolute Gasteiger partial charge is 0.367 e. The SMILES string of the molecule is O=C(c1nc(-c2cnccn2)no1)N1CCN(c2cccc(Cl)c2Cl)CC1. The number of benzene rings is 1. The predicted octanol–water partition coefficient (Wildman–Crippen LogP) is 2.80. The van der Waals surface area contributed by atoms with Gasteiger partial charge >= 0.3 is 11.8 Å². The van der Waals surface area contributed by atoms with Crippen LogP contribution in [0.25, 0.3) is 11.5 Å². The highest BCUT2D eigenvalue weighted by Crippen LogP contribution is 2.33. The molecule has 1 fully saturated rings. The first kappa shape index (κ1) is 17.7. The second-order valence-electron chi connectivity index (χ2n) is 5.87. The molecule has 27 heavy (non-hydrogen) atoms. The number of rotatable bonds is 3. The van der Waals surface area contributed by atoms with Crippen molar-refractivity contribution in [3.05, 3.63) is 52.7 Å². The minimum absolute atomic E-state index is 0.0649. The number of carbonyl (C=O) groups is 1. The van der Waals surface area contributed by atoms with Gasteiger partial charge in [-0.3, -0.25) is 9.78 Å². The van der Waals surface area contributed by atoms with E-state index in [0.717, 1.165) is 5.69 Å². The lowest BCUT2D eigenvalue weighted by molar-refractivity contribution is 0.0696. The van der Waals surface area contributed by atoms with Crippen molar-refractivity contribution in [2.24, 2.45) is 0 Å². The topological polar surface area (TPSA) is 88.2 Å². The number of halogens is 2. The van der Waals surface area contributed by atoms with E-state index in [-0.39, 0.29) is 17.6 Å². The van der Waals surface area contributed by atoms with Crippen LogP contribution in [-0.4, -0.2) is 57.1 Å². The van der Waals surface area contributed by atoms with E-state index in [4.69, 9.17) is 27.7 Å². The van der Waals surface area contributed by atoms with E-state index in [9.17, 15) is 4.79 Å². The van der Waals surface area contributed by atoms with Gasteiger partial charge in [0.15, 0.2) is 0 Å². The number of aromatic nitrogens is 4. The fourth-order valence-electron chi connectivity index (χ4n) is 2.85. The second kappa shape index (κ2) is 7.50. The lowest BCUT2D eigenvalue weighted by atomic mass is 10.2. The van der Waals surface area contributed by atoms with Crippen molar-refractivity contribution in [1.29, 1.82) is 0 Å². The van der Waals surface area contributed by atoms with Gasteiger partial charge < -0.3 is 14.3 Å². The van der Waals surface area contributed by atoms with Gasteiger partial charge in [-0.2, -0.15) is 4.98 Å². The molecule has 1 aliphatic heterocycles. The van der Waals surface area contributed by atoms with Crippen molar-refractivity contribution < 1.29 is 9.32 Å². The third-order valence-electron chi connectivity index (χ3n) is 4.24. The minimum atomic E-state index is -0.311. The van der Waals surface area contributed by atoms with Crippen LogP contribution >= 0.6 is 23.2 Å². The Morgan fingerprint density at radius 3 is 2.67 bits per heavy atom. The predicted molar refractivity (Wildman–Crippen MR) is 99.9 cm³/mol. The standard InChI is InChI=1S/C17H14Cl2N6O2/c18-11-2-1-3-13(14(11)19)24-6-8-25(9-7-24)17(26)16-22-15(23-27-16)12-10-20-4-5-21-12/h1-5,10H,6-9H2. The Hall–Kier alpha value is -2.71. The molecule has 0 aliphatic carbocycles. The molecule has 0 spiro atoms. The Bertz CT molecular complexity index is 957. The summed E-state index contributed by atoms with van der Waals surface area (Å²) in [4.78, 5) is 28.6. The summed E-state index contributed by atoms with van der Waals surface area (Å²) in [7, 11) is 0. The molecule has 0 unspecified atom stereocenters. The quantitative estimate of drug-likeness (QED) is 0.662. The molecule has 2 aromatic heterocycles. The van der Waals surface area contributed by atoms with Gasteiger partial charge in [-0.05, 0) is 12.1 Å². The number of carbonyl (C=O) groups excluding carboxylic acids is 1. The number of piperazine rings is 1. The zero-order chi connectivity index (χ0) is 18.8. The van der Waals surface area contributed by atoms with E-state index in [1.807, 2.05) is 12.1 Å². The van der Waals surface area contributed by atoms with Gasteiger partial charge in [-0.1, -0.05) is 34.4 Å². The fraction of sp³-hybridized carbons (Fsp3) is 0.235. The van der Waals surface area contributed by atoms with Crippen LogP contribution in [0.3, 0.4) is 0 Å². The average molecular weight is 405 g/mol. The summed E-state index contributed by atoms with van der Waals surface area (Å²) < 4.78 is 5.11. The number of hydrogen-bond acceptors (Lipinski definition) is 7. The lowest BCUT2D eigenvalue weighted by Gasteiger charge is -2.35. The smallest absolute Gasteiger partial charge is 0.316 e. The zero-order valence-electron chi connectivity index (χ0n) is 14.0. The lowest BCUT2D eigenvalue weighted by Crippen LogP contribution is -2.49. The van der Waals surface area contributed by atoms with Gasteiger partial charge in [-0.15, -0.1) is 0 Å². The van der Waals surface area contributed by atoms with Gasteiger partial charge in [0.25, 0.3) is 0 Å². The molecule has 1 aromatic carbocycles. The van der Waals surface area contributed by atoms with Crippen LogP contribution in [0.5, 0.6) is 0 Å². The first-order chi connectivity index (χ1) is 13.1. The van der Waals surface area contributed by atoms with Crippen molar-refractivity contribution >= 4 is 34.8 Å². The third-order valence-corrected chi connectivity index (χ3v) is 5.05. The Kier molecular flexibility index (Phi) is 4.91. The Balaban J connectivity index is 1.43. The van der Waals surface area contributed by atoms with Crippen LogP contribution in [0.4, 0.5) is 5.69 Å². The highest BCUT2D eigenvalue weighted by molar-refractivity contribution is 6.43. The van der Waals surface area contributed by atoms with Gasteiger partial charge in [0, 0.05) is 38.6 Å². The molecule has 10 heteroatoms. The maximum Gasteiger partial charge on any atom is 0.316 e. The zero-order valence-corrected chi connectivity index (χ0v) is 15.6. The normalized spacial score (nSPS) is 14.4. The molecule has 0 saturated carbocycles. The van der Waals surface area contributed by atoms with Gasteiger partial charge in [0.1, 0.15) is 5.69 Å². The van der Waals surface area contributed by atoms with Crippen molar-refractivity contribution in [3.8, 4) is 11.5 Å². The number of amides is 1. The summed E-state index contributed by atoms with van der Waals surface area (Å²) in [5, 5.41) is 4.83. The van der Waals surface area contributed by atoms with E-state index in [1.54, 1.807) is 17.2 Å². The molecule has 3 heterocycles. The van der Waals surface area contributed by atoms with Crippen LogP contribution in [0.1, 0.15) is 10.7 Å². The summed E-state index contributed by atoms with van der Waals surface area (Å²) in [6, 6.07) is 5.52. The summed E-state index contributed by atoms with van der Waals surface area (Å²) in [5.74, 6) is -0.143. The third kappa shape index (κ3) is 3.58. The number of anilines is 1. The van der Waals surface area contributed by atoms with Gasteiger partial charge in [-0.25, -0.2) is 4.98 Å². The molecule has 1 aliphatic rings. The Labute approximate surface area is 164 Å². The van der Waals surface area contributed by atoms with Gasteiger partial charge in [0.05, 0.1) is 21.9 Å². The van der Waals surface area contributed by atoms with Crippen LogP contribution in [0.15, 0.2) is 41.3 Å². The molecule has 0 atom stereocenters. The maximum atomic E-state index is 12.6. The van der Waals surface area contributed by atoms with Crippen LogP contribution < -0.4 is 4.90 Å². The van der Waals surface area contributed by atoms with Crippen LogP contribution in [0, 0.1) is 0 Å². The highest BCUT2D eigenvalue weighted by Gasteiger charge is 2.27. The molecule has 8 nitrogen and oxygen atoms in total. The molecule has 4 rings (SSSR count). The molecule has 138 valence electrons. The molecule has 0 radical (unpaired) electrons. The van der Waals surface area contributed by atoms with Crippen molar-refractivity contribution in [1.82, 2.24) is 25.0 Å².